The quantitative estimate of drug-likeness (QED) is 0.191. The number of nitrogens with one attached hydrogen (secondary N) is 1. The smallest absolute Gasteiger partial charge is 0.324 e. The van der Waals surface area contributed by atoms with Crippen molar-refractivity contribution in [3.63, 3.8) is 0 Å². The maximum Gasteiger partial charge on any atom is 0.324 e. The zero-order valence-electron chi connectivity index (χ0n) is 3.20. The van der Waals surface area contributed by atoms with E-state index in [4.69, 9.17) is 24.9 Å². The van der Waals surface area contributed by atoms with Gasteiger partial charge in [0.05, 0.1) is 0 Å². The zero-order valence-corrected chi connectivity index (χ0v) is 4.09. The van der Waals surface area contributed by atoms with Crippen molar-refractivity contribution in [2.24, 2.45) is 0 Å². The Morgan fingerprint density at radius 1 is 1.43 bits per heavy atom. The van der Waals surface area contributed by atoms with Gasteiger partial charge in [0.15, 0.2) is 0 Å². The van der Waals surface area contributed by atoms with Crippen LogP contribution in [-0.4, -0.2) is 20.8 Å². The molecular formula is CH4NO4P. The van der Waals surface area contributed by atoms with Crippen molar-refractivity contribution in [1.82, 2.24) is 0 Å². The van der Waals surface area contributed by atoms with Gasteiger partial charge in [0.2, 0.25) is 6.08 Å². The number of hydrogen-bond donors (Lipinski definition) is 4. The van der Waals surface area contributed by atoms with Crippen molar-refractivity contribution in [2.75, 3.05) is 0 Å². The monoisotopic (exact) mass is 125 g/mol. The van der Waals surface area contributed by atoms with Crippen molar-refractivity contribution in [1.29, 1.82) is 5.41 Å². The first-order valence-corrected chi connectivity index (χ1v) is 2.25. The minimum absolute atomic E-state index is 0.750. The van der Waals surface area contributed by atoms with Gasteiger partial charge in [-0.25, -0.2) is 10.2 Å². The Labute approximate surface area is 40.7 Å². The van der Waals surface area contributed by atoms with E-state index in [0.29, 0.717) is 0 Å². The number of carbonyl (C=O) groups excluding carboxylic acids is 1. The largest absolute Gasteiger partial charge is 0.328 e. The molecule has 6 heteroatoms. The van der Waals surface area contributed by atoms with Crippen LogP contribution >= 0.6 is 8.60 Å². The highest BCUT2D eigenvalue weighted by atomic mass is 31.2. The maximum atomic E-state index is 8.35. The van der Waals surface area contributed by atoms with Crippen molar-refractivity contribution >= 4 is 14.7 Å². The number of rotatable bonds is 0. The molecule has 0 bridgehead atoms. The van der Waals surface area contributed by atoms with Gasteiger partial charge in [-0.15, -0.1) is 0 Å². The molecule has 0 heterocycles. The molecule has 0 rings (SSSR count). The van der Waals surface area contributed by atoms with Crippen LogP contribution in [0.25, 0.3) is 0 Å². The van der Waals surface area contributed by atoms with E-state index in [9.17, 15) is 0 Å². The maximum absolute atomic E-state index is 8.35. The van der Waals surface area contributed by atoms with Crippen LogP contribution in [0.2, 0.25) is 0 Å². The summed E-state index contributed by atoms with van der Waals surface area (Å²) < 4.78 is 0. The Balaban J connectivity index is 0. The van der Waals surface area contributed by atoms with Gasteiger partial charge in [0.25, 0.3) is 0 Å². The highest BCUT2D eigenvalue weighted by Crippen LogP contribution is 2.11. The van der Waals surface area contributed by atoms with Crippen LogP contribution in [0.1, 0.15) is 0 Å². The molecule has 0 aromatic heterocycles. The molecule has 0 aliphatic carbocycles. The summed E-state index contributed by atoms with van der Waals surface area (Å²) in [4.78, 5) is 30.0. The predicted molar refractivity (Wildman–Crippen MR) is 22.0 cm³/mol. The molecule has 0 saturated heterocycles. The molecule has 7 heavy (non-hydrogen) atoms. The van der Waals surface area contributed by atoms with E-state index in [1.807, 2.05) is 0 Å². The summed E-state index contributed by atoms with van der Waals surface area (Å²) in [5.74, 6) is 0. The van der Waals surface area contributed by atoms with Crippen LogP contribution in [0.15, 0.2) is 0 Å². The second-order valence-corrected chi connectivity index (χ2v) is 0.907. The Morgan fingerprint density at radius 2 is 1.43 bits per heavy atom. The lowest BCUT2D eigenvalue weighted by atomic mass is 11.7. The predicted octanol–water partition coefficient (Wildman–Crippen LogP) is -0.909. The van der Waals surface area contributed by atoms with E-state index < -0.39 is 8.60 Å². The standard InChI is InChI=1S/CHNO.H3O3P/c2-1-3;1-4(2)3/h2H;1-3H. The van der Waals surface area contributed by atoms with Gasteiger partial charge in [0.1, 0.15) is 0 Å². The van der Waals surface area contributed by atoms with Crippen LogP contribution in [0.4, 0.5) is 0 Å². The van der Waals surface area contributed by atoms with Gasteiger partial charge < -0.3 is 14.7 Å². The summed E-state index contributed by atoms with van der Waals surface area (Å²) in [6.45, 7) is 0. The molecule has 0 unspecified atom stereocenters. The first-order valence-electron chi connectivity index (χ1n) is 1.05. The molecule has 0 fully saturated rings. The molecule has 0 aromatic carbocycles. The molecule has 42 valence electrons. The molecule has 5 nitrogen and oxygen atoms in total. The van der Waals surface area contributed by atoms with Gasteiger partial charge in [-0.05, 0) is 0 Å². The topological polar surface area (TPSA) is 102 Å². The van der Waals surface area contributed by atoms with E-state index in [1.165, 1.54) is 0 Å². The molecule has 0 amide bonds. The second-order valence-electron chi connectivity index (χ2n) is 0.370. The number of hydrogen-bond acceptors (Lipinski definition) is 5. The first-order chi connectivity index (χ1) is 3.15. The highest BCUT2D eigenvalue weighted by Gasteiger charge is 1.76. The second kappa shape index (κ2) is 9.19. The molecule has 0 spiro atoms. The fraction of sp³-hybridized carbons (Fsp3) is 0. The van der Waals surface area contributed by atoms with Crippen LogP contribution in [0.3, 0.4) is 0 Å². The normalized spacial score (nSPS) is 6.29. The third-order valence-electron chi connectivity index (χ3n) is 0. The minimum atomic E-state index is -2.62. The Kier molecular flexibility index (Phi) is 12.9. The van der Waals surface area contributed by atoms with E-state index in [1.54, 1.807) is 0 Å². The zero-order chi connectivity index (χ0) is 6.28. The average Bonchev–Trinajstić information content (AvgIpc) is 1.33. The first kappa shape index (κ1) is 9.85. The molecule has 0 saturated carbocycles. The number of isocyanates is 1. The van der Waals surface area contributed by atoms with E-state index in [2.05, 4.69) is 0 Å². The summed E-state index contributed by atoms with van der Waals surface area (Å²) >= 11 is 0. The molecular weight excluding hydrogens is 121 g/mol. The third-order valence-corrected chi connectivity index (χ3v) is 0. The van der Waals surface area contributed by atoms with E-state index in [0.717, 1.165) is 6.08 Å². The van der Waals surface area contributed by atoms with Crippen molar-refractivity contribution in [3.05, 3.63) is 0 Å². The van der Waals surface area contributed by atoms with E-state index in [-0.39, 0.29) is 0 Å². The SMILES string of the molecule is N=C=O.OP(O)O. The minimum Gasteiger partial charge on any atom is -0.328 e. The van der Waals surface area contributed by atoms with Gasteiger partial charge in [-0.3, -0.25) is 0 Å². The summed E-state index contributed by atoms with van der Waals surface area (Å²) in [6, 6.07) is 0. The van der Waals surface area contributed by atoms with Gasteiger partial charge in [-0.1, -0.05) is 0 Å². The molecule has 0 aromatic rings. The van der Waals surface area contributed by atoms with E-state index >= 15 is 0 Å². The third kappa shape index (κ3) is 806. The Morgan fingerprint density at radius 3 is 1.43 bits per heavy atom. The van der Waals surface area contributed by atoms with Gasteiger partial charge in [-0.2, -0.15) is 0 Å². The molecule has 0 aliphatic heterocycles. The molecule has 4 N–H and O–H groups in total. The lowest BCUT2D eigenvalue weighted by Crippen LogP contribution is -1.54. The van der Waals surface area contributed by atoms with Crippen molar-refractivity contribution < 1.29 is 19.5 Å². The Bertz CT molecular complexity index is 54.0. The van der Waals surface area contributed by atoms with Crippen LogP contribution < -0.4 is 0 Å². The van der Waals surface area contributed by atoms with Gasteiger partial charge in [0, 0.05) is 0 Å². The molecule has 0 aliphatic rings. The van der Waals surface area contributed by atoms with Crippen LogP contribution in [0, 0.1) is 5.41 Å². The average molecular weight is 125 g/mol. The Hall–Kier alpha value is -0.310. The van der Waals surface area contributed by atoms with Gasteiger partial charge >= 0.3 is 8.60 Å². The van der Waals surface area contributed by atoms with Crippen LogP contribution in [-0.2, 0) is 4.79 Å². The van der Waals surface area contributed by atoms with Crippen molar-refractivity contribution in [3.8, 4) is 0 Å². The summed E-state index contributed by atoms with van der Waals surface area (Å²) in [5, 5.41) is 5.40. The fourth-order valence-electron chi connectivity index (χ4n) is 0. The molecule has 0 radical (unpaired) electrons. The summed E-state index contributed by atoms with van der Waals surface area (Å²) in [7, 11) is -2.62. The van der Waals surface area contributed by atoms with Crippen LogP contribution in [0.5, 0.6) is 0 Å². The summed E-state index contributed by atoms with van der Waals surface area (Å²) in [5.41, 5.74) is 0. The van der Waals surface area contributed by atoms with Crippen molar-refractivity contribution in [2.45, 2.75) is 0 Å². The fourth-order valence-corrected chi connectivity index (χ4v) is 0. The lowest BCUT2D eigenvalue weighted by molar-refractivity contribution is 0.368. The highest BCUT2D eigenvalue weighted by molar-refractivity contribution is 7.38. The molecule has 0 atom stereocenters. The lowest BCUT2D eigenvalue weighted by Gasteiger charge is -1.76. The summed E-state index contributed by atoms with van der Waals surface area (Å²) in [6.07, 6.45) is 0.750.